The number of nitrogens with zero attached hydrogens (tertiary/aromatic N) is 2. The predicted molar refractivity (Wildman–Crippen MR) is 69.6 cm³/mol. The fourth-order valence-electron chi connectivity index (χ4n) is 1.58. The summed E-state index contributed by atoms with van der Waals surface area (Å²) in [7, 11) is -1.76. The molecule has 0 aliphatic carbocycles. The average molecular weight is 281 g/mol. The molecule has 1 heterocycles. The molecule has 2 N–H and O–H groups in total. The van der Waals surface area contributed by atoms with Crippen molar-refractivity contribution in [2.75, 3.05) is 0 Å². The Morgan fingerprint density at radius 1 is 1.32 bits per heavy atom. The number of sulfonamides is 1. The smallest absolute Gasteiger partial charge is 0.240 e. The average Bonchev–Trinajstić information content (AvgIpc) is 2.82. The van der Waals surface area contributed by atoms with Crippen molar-refractivity contribution >= 4 is 10.0 Å². The van der Waals surface area contributed by atoms with Crippen LogP contribution >= 0.6 is 0 Å². The number of aliphatic hydroxyl groups is 1. The quantitative estimate of drug-likeness (QED) is 0.830. The van der Waals surface area contributed by atoms with E-state index in [0.717, 1.165) is 0 Å². The van der Waals surface area contributed by atoms with Crippen LogP contribution in [-0.4, -0.2) is 23.1 Å². The lowest BCUT2D eigenvalue weighted by atomic mass is 10.2. The van der Waals surface area contributed by atoms with Gasteiger partial charge in [-0.25, -0.2) is 18.1 Å². The lowest BCUT2D eigenvalue weighted by Gasteiger charge is -2.07. The van der Waals surface area contributed by atoms with Gasteiger partial charge in [0.1, 0.15) is 5.82 Å². The number of benzene rings is 1. The van der Waals surface area contributed by atoms with Crippen LogP contribution in [0.15, 0.2) is 41.6 Å². The number of aliphatic hydroxyl groups excluding tert-OH is 1. The molecular formula is C12H15N3O3S. The molecule has 0 unspecified atom stereocenters. The van der Waals surface area contributed by atoms with Gasteiger partial charge < -0.3 is 9.67 Å². The molecule has 0 amide bonds. The minimum Gasteiger partial charge on any atom is -0.392 e. The number of aryl methyl sites for hydroxylation is 1. The number of aromatic nitrogens is 2. The van der Waals surface area contributed by atoms with Gasteiger partial charge in [0.05, 0.1) is 18.0 Å². The third-order valence-electron chi connectivity index (χ3n) is 2.76. The van der Waals surface area contributed by atoms with Crippen LogP contribution in [0.25, 0.3) is 0 Å². The van der Waals surface area contributed by atoms with Gasteiger partial charge in [0.2, 0.25) is 10.0 Å². The highest BCUT2D eigenvalue weighted by molar-refractivity contribution is 7.89. The summed E-state index contributed by atoms with van der Waals surface area (Å²) in [5.74, 6) is 0.635. The molecule has 0 atom stereocenters. The van der Waals surface area contributed by atoms with E-state index in [1.54, 1.807) is 36.1 Å². The van der Waals surface area contributed by atoms with Gasteiger partial charge >= 0.3 is 0 Å². The highest BCUT2D eigenvalue weighted by Gasteiger charge is 2.14. The molecule has 0 aliphatic heterocycles. The largest absolute Gasteiger partial charge is 0.392 e. The van der Waals surface area contributed by atoms with E-state index in [0.29, 0.717) is 11.4 Å². The summed E-state index contributed by atoms with van der Waals surface area (Å²) >= 11 is 0. The van der Waals surface area contributed by atoms with Gasteiger partial charge in [0.15, 0.2) is 0 Å². The minimum absolute atomic E-state index is 0.110. The second-order valence-corrected chi connectivity index (χ2v) is 5.85. The van der Waals surface area contributed by atoms with Crippen LogP contribution in [0, 0.1) is 0 Å². The normalized spacial score (nSPS) is 11.7. The van der Waals surface area contributed by atoms with Crippen molar-refractivity contribution in [3.63, 3.8) is 0 Å². The van der Waals surface area contributed by atoms with E-state index in [9.17, 15) is 8.42 Å². The van der Waals surface area contributed by atoms with Crippen LogP contribution in [0.3, 0.4) is 0 Å². The van der Waals surface area contributed by atoms with E-state index in [-0.39, 0.29) is 18.0 Å². The lowest BCUT2D eigenvalue weighted by molar-refractivity contribution is 0.282. The lowest BCUT2D eigenvalue weighted by Crippen LogP contribution is -2.24. The molecule has 102 valence electrons. The Labute approximate surface area is 111 Å². The monoisotopic (exact) mass is 281 g/mol. The first-order chi connectivity index (χ1) is 9.03. The third-order valence-corrected chi connectivity index (χ3v) is 4.17. The van der Waals surface area contributed by atoms with Crippen molar-refractivity contribution < 1.29 is 13.5 Å². The fraction of sp³-hybridized carbons (Fsp3) is 0.250. The number of hydrogen-bond donors (Lipinski definition) is 2. The highest BCUT2D eigenvalue weighted by Crippen LogP contribution is 2.11. The van der Waals surface area contributed by atoms with Crippen LogP contribution < -0.4 is 4.72 Å². The Kier molecular flexibility index (Phi) is 3.98. The van der Waals surface area contributed by atoms with Crippen LogP contribution in [0.4, 0.5) is 0 Å². The molecule has 0 bridgehead atoms. The van der Waals surface area contributed by atoms with Crippen LogP contribution in [0.5, 0.6) is 0 Å². The fourth-order valence-corrected chi connectivity index (χ4v) is 2.56. The van der Waals surface area contributed by atoms with E-state index < -0.39 is 10.0 Å². The summed E-state index contributed by atoms with van der Waals surface area (Å²) in [6, 6.07) is 6.09. The van der Waals surface area contributed by atoms with Gasteiger partial charge in [-0.3, -0.25) is 0 Å². The molecule has 0 saturated carbocycles. The predicted octanol–water partition coefficient (Wildman–Crippen LogP) is 0.391. The van der Waals surface area contributed by atoms with Crippen molar-refractivity contribution in [3.8, 4) is 0 Å². The number of rotatable bonds is 5. The third kappa shape index (κ3) is 3.19. The van der Waals surface area contributed by atoms with Crippen molar-refractivity contribution in [1.29, 1.82) is 0 Å². The molecule has 7 heteroatoms. The molecule has 0 radical (unpaired) electrons. The first-order valence-electron chi connectivity index (χ1n) is 5.68. The van der Waals surface area contributed by atoms with Gasteiger partial charge in [0.25, 0.3) is 0 Å². The summed E-state index contributed by atoms with van der Waals surface area (Å²) in [4.78, 5) is 4.21. The Bertz CT molecular complexity index is 647. The maximum atomic E-state index is 12.0. The summed E-state index contributed by atoms with van der Waals surface area (Å²) in [6.07, 6.45) is 3.36. The zero-order valence-electron chi connectivity index (χ0n) is 10.4. The molecule has 1 aromatic heterocycles. The Hall–Kier alpha value is -1.70. The van der Waals surface area contributed by atoms with Crippen LogP contribution in [-0.2, 0) is 30.2 Å². The van der Waals surface area contributed by atoms with Gasteiger partial charge in [0, 0.05) is 19.4 Å². The summed E-state index contributed by atoms with van der Waals surface area (Å²) in [6.45, 7) is 0.0224. The highest BCUT2D eigenvalue weighted by atomic mass is 32.2. The Balaban J connectivity index is 2.11. The molecule has 6 nitrogen and oxygen atoms in total. The van der Waals surface area contributed by atoms with E-state index in [1.807, 2.05) is 0 Å². The number of hydrogen-bond acceptors (Lipinski definition) is 4. The topological polar surface area (TPSA) is 84.2 Å². The van der Waals surface area contributed by atoms with Crippen molar-refractivity contribution in [1.82, 2.24) is 14.3 Å². The molecule has 2 aromatic rings. The standard InChI is InChI=1S/C12H15N3O3S/c1-15-7-6-13-12(15)8-14-19(17,18)11-4-2-10(9-16)3-5-11/h2-7,14,16H,8-9H2,1H3. The summed E-state index contributed by atoms with van der Waals surface area (Å²) in [5, 5.41) is 8.91. The maximum absolute atomic E-state index is 12.0. The minimum atomic E-state index is -3.56. The molecule has 19 heavy (non-hydrogen) atoms. The van der Waals surface area contributed by atoms with E-state index in [4.69, 9.17) is 5.11 Å². The van der Waals surface area contributed by atoms with Crippen molar-refractivity contribution in [2.24, 2.45) is 7.05 Å². The van der Waals surface area contributed by atoms with Crippen molar-refractivity contribution in [3.05, 3.63) is 48.0 Å². The summed E-state index contributed by atoms with van der Waals surface area (Å²) < 4.78 is 28.3. The van der Waals surface area contributed by atoms with Crippen LogP contribution in [0.1, 0.15) is 11.4 Å². The summed E-state index contributed by atoms with van der Waals surface area (Å²) in [5.41, 5.74) is 0.669. The second kappa shape index (κ2) is 5.52. The first-order valence-corrected chi connectivity index (χ1v) is 7.17. The molecular weight excluding hydrogens is 266 g/mol. The van der Waals surface area contributed by atoms with Crippen LogP contribution in [0.2, 0.25) is 0 Å². The molecule has 0 aliphatic rings. The van der Waals surface area contributed by atoms with Gasteiger partial charge in [-0.2, -0.15) is 0 Å². The second-order valence-electron chi connectivity index (χ2n) is 4.08. The van der Waals surface area contributed by atoms with Gasteiger partial charge in [-0.15, -0.1) is 0 Å². The van der Waals surface area contributed by atoms with E-state index >= 15 is 0 Å². The zero-order valence-corrected chi connectivity index (χ0v) is 11.3. The van der Waals surface area contributed by atoms with Gasteiger partial charge in [-0.1, -0.05) is 12.1 Å². The molecule has 0 saturated heterocycles. The van der Waals surface area contributed by atoms with Crippen molar-refractivity contribution in [2.45, 2.75) is 18.0 Å². The first kappa shape index (κ1) is 13.7. The maximum Gasteiger partial charge on any atom is 0.240 e. The molecule has 0 spiro atoms. The van der Waals surface area contributed by atoms with E-state index in [1.165, 1.54) is 12.1 Å². The van der Waals surface area contributed by atoms with E-state index in [2.05, 4.69) is 9.71 Å². The Morgan fingerprint density at radius 3 is 2.53 bits per heavy atom. The molecule has 0 fully saturated rings. The molecule has 2 rings (SSSR count). The molecule has 1 aromatic carbocycles. The number of nitrogens with one attached hydrogen (secondary N) is 1. The SMILES string of the molecule is Cn1ccnc1CNS(=O)(=O)c1ccc(CO)cc1. The van der Waals surface area contributed by atoms with Gasteiger partial charge in [-0.05, 0) is 17.7 Å². The Morgan fingerprint density at radius 2 is 2.00 bits per heavy atom. The number of imidazole rings is 1. The zero-order chi connectivity index (χ0) is 13.9.